The molecule has 19 heavy (non-hydrogen) atoms. The number of ether oxygens (including phenoxy) is 3. The Bertz CT molecular complexity index is 441. The van der Waals surface area contributed by atoms with E-state index in [1.807, 2.05) is 0 Å². The van der Waals surface area contributed by atoms with Gasteiger partial charge < -0.3 is 14.2 Å². The molecule has 5 heteroatoms. The Kier molecular flexibility index (Phi) is 5.05. The van der Waals surface area contributed by atoms with Crippen LogP contribution < -0.4 is 9.47 Å². The first-order valence-corrected chi connectivity index (χ1v) is 6.65. The highest BCUT2D eigenvalue weighted by atomic mass is 35.5. The molecular formula is C14H17ClO4. The Hall–Kier alpha value is -1.26. The summed E-state index contributed by atoms with van der Waals surface area (Å²) < 4.78 is 16.3. The lowest BCUT2D eigenvalue weighted by atomic mass is 10.0. The molecule has 0 spiro atoms. The van der Waals surface area contributed by atoms with Crippen LogP contribution in [0, 0.1) is 5.92 Å². The van der Waals surface area contributed by atoms with Gasteiger partial charge in [0.2, 0.25) is 0 Å². The van der Waals surface area contributed by atoms with Crippen LogP contribution in [0.5, 0.6) is 11.5 Å². The summed E-state index contributed by atoms with van der Waals surface area (Å²) in [5.41, 5.74) is 0.413. The number of aldehydes is 1. The SMILES string of the molecule is COc1cc(Cl)cc(C=O)c1OCC1CCOCC1. The topological polar surface area (TPSA) is 44.8 Å². The van der Waals surface area contributed by atoms with Gasteiger partial charge in [0.05, 0.1) is 19.3 Å². The summed E-state index contributed by atoms with van der Waals surface area (Å²) in [6.45, 7) is 2.10. The fraction of sp³-hybridized carbons (Fsp3) is 0.500. The highest BCUT2D eigenvalue weighted by Crippen LogP contribution is 2.34. The molecule has 0 saturated carbocycles. The van der Waals surface area contributed by atoms with Gasteiger partial charge in [0.25, 0.3) is 0 Å². The zero-order valence-corrected chi connectivity index (χ0v) is 11.6. The smallest absolute Gasteiger partial charge is 0.171 e. The zero-order valence-electron chi connectivity index (χ0n) is 10.9. The third kappa shape index (κ3) is 3.61. The first kappa shape index (κ1) is 14.2. The van der Waals surface area contributed by atoms with Crippen LogP contribution >= 0.6 is 11.6 Å². The number of hydrogen-bond donors (Lipinski definition) is 0. The van der Waals surface area contributed by atoms with Gasteiger partial charge in [-0.25, -0.2) is 0 Å². The molecule has 0 amide bonds. The van der Waals surface area contributed by atoms with E-state index < -0.39 is 0 Å². The normalized spacial score (nSPS) is 16.1. The van der Waals surface area contributed by atoms with Crippen molar-refractivity contribution in [3.63, 3.8) is 0 Å². The van der Waals surface area contributed by atoms with Crippen LogP contribution in [0.15, 0.2) is 12.1 Å². The van der Waals surface area contributed by atoms with Gasteiger partial charge >= 0.3 is 0 Å². The quantitative estimate of drug-likeness (QED) is 0.780. The van der Waals surface area contributed by atoms with E-state index in [0.29, 0.717) is 34.6 Å². The molecule has 0 atom stereocenters. The summed E-state index contributed by atoms with van der Waals surface area (Å²) in [6, 6.07) is 3.23. The fourth-order valence-electron chi connectivity index (χ4n) is 2.10. The molecular weight excluding hydrogens is 268 g/mol. The summed E-state index contributed by atoms with van der Waals surface area (Å²) in [4.78, 5) is 11.1. The van der Waals surface area contributed by atoms with Gasteiger partial charge in [-0.1, -0.05) is 11.6 Å². The van der Waals surface area contributed by atoms with Crippen molar-refractivity contribution < 1.29 is 19.0 Å². The lowest BCUT2D eigenvalue weighted by Gasteiger charge is -2.23. The summed E-state index contributed by atoms with van der Waals surface area (Å²) in [5.74, 6) is 1.41. The molecule has 0 radical (unpaired) electrons. The number of carbonyl (C=O) groups excluding carboxylic acids is 1. The van der Waals surface area contributed by atoms with Crippen molar-refractivity contribution in [2.45, 2.75) is 12.8 Å². The number of methoxy groups -OCH3 is 1. The average molecular weight is 285 g/mol. The zero-order chi connectivity index (χ0) is 13.7. The predicted molar refractivity (Wildman–Crippen MR) is 72.4 cm³/mol. The van der Waals surface area contributed by atoms with Gasteiger partial charge in [-0.3, -0.25) is 4.79 Å². The molecule has 4 nitrogen and oxygen atoms in total. The van der Waals surface area contributed by atoms with Crippen molar-refractivity contribution >= 4 is 17.9 Å². The third-order valence-corrected chi connectivity index (χ3v) is 3.42. The van der Waals surface area contributed by atoms with E-state index in [1.54, 1.807) is 12.1 Å². The van der Waals surface area contributed by atoms with Crippen LogP contribution in [0.2, 0.25) is 5.02 Å². The molecule has 1 aromatic rings. The van der Waals surface area contributed by atoms with Gasteiger partial charge in [0.15, 0.2) is 17.8 Å². The predicted octanol–water partition coefficient (Wildman–Crippen LogP) is 2.97. The molecule has 0 N–H and O–H groups in total. The molecule has 2 rings (SSSR count). The minimum absolute atomic E-state index is 0.413. The molecule has 0 bridgehead atoms. The number of hydrogen-bond acceptors (Lipinski definition) is 4. The molecule has 1 fully saturated rings. The van der Waals surface area contributed by atoms with E-state index in [0.717, 1.165) is 32.3 Å². The maximum atomic E-state index is 11.1. The first-order valence-electron chi connectivity index (χ1n) is 6.28. The Morgan fingerprint density at radius 1 is 1.42 bits per heavy atom. The minimum Gasteiger partial charge on any atom is -0.493 e. The van der Waals surface area contributed by atoms with Crippen molar-refractivity contribution in [2.75, 3.05) is 26.9 Å². The molecule has 1 aliphatic heterocycles. The molecule has 0 unspecified atom stereocenters. The Labute approximate surface area is 117 Å². The van der Waals surface area contributed by atoms with Gasteiger partial charge in [-0.2, -0.15) is 0 Å². The van der Waals surface area contributed by atoms with Crippen LogP contribution in [-0.4, -0.2) is 33.2 Å². The van der Waals surface area contributed by atoms with Crippen LogP contribution in [0.25, 0.3) is 0 Å². The molecule has 1 aliphatic rings. The second-order valence-corrected chi connectivity index (χ2v) is 4.95. The van der Waals surface area contributed by atoms with Crippen molar-refractivity contribution in [1.82, 2.24) is 0 Å². The average Bonchev–Trinajstić information content (AvgIpc) is 2.46. The fourth-order valence-corrected chi connectivity index (χ4v) is 2.31. The van der Waals surface area contributed by atoms with Crippen LogP contribution in [0.3, 0.4) is 0 Å². The van der Waals surface area contributed by atoms with Crippen LogP contribution in [0.4, 0.5) is 0 Å². The second-order valence-electron chi connectivity index (χ2n) is 4.51. The van der Waals surface area contributed by atoms with E-state index in [1.165, 1.54) is 7.11 Å². The van der Waals surface area contributed by atoms with Crippen molar-refractivity contribution in [3.05, 3.63) is 22.7 Å². The van der Waals surface area contributed by atoms with Crippen LogP contribution in [0.1, 0.15) is 23.2 Å². The first-order chi connectivity index (χ1) is 9.24. The van der Waals surface area contributed by atoms with Gasteiger partial charge in [-0.05, 0) is 24.8 Å². The maximum absolute atomic E-state index is 11.1. The summed E-state index contributed by atoms with van der Waals surface area (Å²) in [7, 11) is 1.53. The number of carbonyl (C=O) groups is 1. The van der Waals surface area contributed by atoms with Crippen molar-refractivity contribution in [1.29, 1.82) is 0 Å². The van der Waals surface area contributed by atoms with Gasteiger partial charge in [0, 0.05) is 24.3 Å². The van der Waals surface area contributed by atoms with Gasteiger partial charge in [-0.15, -0.1) is 0 Å². The van der Waals surface area contributed by atoms with E-state index in [9.17, 15) is 4.79 Å². The molecule has 104 valence electrons. The molecule has 1 saturated heterocycles. The molecule has 1 heterocycles. The monoisotopic (exact) mass is 284 g/mol. The van der Waals surface area contributed by atoms with E-state index in [4.69, 9.17) is 25.8 Å². The Morgan fingerprint density at radius 2 is 2.16 bits per heavy atom. The number of benzene rings is 1. The van der Waals surface area contributed by atoms with E-state index >= 15 is 0 Å². The highest BCUT2D eigenvalue weighted by Gasteiger charge is 2.18. The van der Waals surface area contributed by atoms with Crippen LogP contribution in [-0.2, 0) is 4.74 Å². The standard InChI is InChI=1S/C14H17ClO4/c1-17-13-7-12(15)6-11(8-16)14(13)19-9-10-2-4-18-5-3-10/h6-8,10H,2-5,9H2,1H3. The largest absolute Gasteiger partial charge is 0.493 e. The molecule has 0 aliphatic carbocycles. The summed E-state index contributed by atoms with van der Waals surface area (Å²) in [6.07, 6.45) is 2.69. The summed E-state index contributed by atoms with van der Waals surface area (Å²) >= 11 is 5.92. The Morgan fingerprint density at radius 3 is 2.79 bits per heavy atom. The Balaban J connectivity index is 2.11. The van der Waals surface area contributed by atoms with Gasteiger partial charge in [0.1, 0.15) is 0 Å². The number of rotatable bonds is 5. The second kappa shape index (κ2) is 6.78. The van der Waals surface area contributed by atoms with Crippen molar-refractivity contribution in [2.24, 2.45) is 5.92 Å². The highest BCUT2D eigenvalue weighted by molar-refractivity contribution is 6.31. The minimum atomic E-state index is 0.413. The van der Waals surface area contributed by atoms with E-state index in [2.05, 4.69) is 0 Å². The lowest BCUT2D eigenvalue weighted by molar-refractivity contribution is 0.0492. The lowest BCUT2D eigenvalue weighted by Crippen LogP contribution is -2.21. The molecule has 0 aromatic heterocycles. The third-order valence-electron chi connectivity index (χ3n) is 3.20. The maximum Gasteiger partial charge on any atom is 0.171 e. The summed E-state index contributed by atoms with van der Waals surface area (Å²) in [5, 5.41) is 0.456. The number of halogens is 1. The van der Waals surface area contributed by atoms with E-state index in [-0.39, 0.29) is 0 Å². The molecule has 1 aromatic carbocycles. The van der Waals surface area contributed by atoms with Crippen molar-refractivity contribution in [3.8, 4) is 11.5 Å².